The van der Waals surface area contributed by atoms with Crippen LogP contribution in [0.25, 0.3) is 0 Å². The number of aliphatic carboxylic acids is 1. The molecule has 0 aromatic carbocycles. The van der Waals surface area contributed by atoms with Gasteiger partial charge in [0, 0.05) is 6.42 Å². The highest BCUT2D eigenvalue weighted by Crippen LogP contribution is 2.57. The minimum Gasteiger partial charge on any atom is -0.481 e. The van der Waals surface area contributed by atoms with E-state index < -0.39 is 18.2 Å². The van der Waals surface area contributed by atoms with Crippen LogP contribution in [0.4, 0.5) is 0 Å². The summed E-state index contributed by atoms with van der Waals surface area (Å²) in [6.45, 7) is 2.18. The van der Waals surface area contributed by atoms with E-state index in [1.165, 1.54) is 37.7 Å². The molecule has 3 aliphatic rings. The lowest BCUT2D eigenvalue weighted by Crippen LogP contribution is -2.51. The molecule has 0 aromatic heterocycles. The average Bonchev–Trinajstić information content (AvgIpc) is 2.69. The van der Waals surface area contributed by atoms with Gasteiger partial charge in [0.25, 0.3) is 0 Å². The lowest BCUT2D eigenvalue weighted by molar-refractivity contribution is -0.136. The molecule has 3 fully saturated rings. The fourth-order valence-electron chi connectivity index (χ4n) is 6.04. The van der Waals surface area contributed by atoms with Crippen molar-refractivity contribution in [2.24, 2.45) is 29.6 Å². The first-order valence-electron chi connectivity index (χ1n) is 11.8. The van der Waals surface area contributed by atoms with Crippen LogP contribution in [0.1, 0.15) is 84.0 Å². The quantitative estimate of drug-likeness (QED) is 0.431. The zero-order valence-corrected chi connectivity index (χ0v) is 17.9. The molecule has 3 aliphatic carbocycles. The van der Waals surface area contributed by atoms with E-state index in [1.807, 2.05) is 0 Å². The fourth-order valence-corrected chi connectivity index (χ4v) is 6.04. The SMILES string of the molecule is CCCC1C(=CCCC(=O)O)[C@@H]2CC[C@H](O)[C@@H](C#CC(O)CC3CCCCC3)[C@H]12. The third kappa shape index (κ3) is 5.64. The first-order chi connectivity index (χ1) is 14.0. The van der Waals surface area contributed by atoms with Crippen molar-refractivity contribution in [1.82, 2.24) is 0 Å². The highest BCUT2D eigenvalue weighted by molar-refractivity contribution is 5.66. The molecule has 0 spiro atoms. The number of allylic oxidation sites excluding steroid dienone is 2. The van der Waals surface area contributed by atoms with Gasteiger partial charge < -0.3 is 15.3 Å². The van der Waals surface area contributed by atoms with Crippen LogP contribution in [0.5, 0.6) is 0 Å². The fraction of sp³-hybridized carbons (Fsp3) is 0.800. The first kappa shape index (κ1) is 22.4. The van der Waals surface area contributed by atoms with Crippen molar-refractivity contribution in [3.8, 4) is 11.8 Å². The van der Waals surface area contributed by atoms with E-state index in [9.17, 15) is 15.0 Å². The van der Waals surface area contributed by atoms with Gasteiger partial charge in [-0.1, -0.05) is 68.9 Å². The molecule has 3 rings (SSSR count). The van der Waals surface area contributed by atoms with Crippen molar-refractivity contribution < 1.29 is 20.1 Å². The molecule has 3 N–H and O–H groups in total. The summed E-state index contributed by atoms with van der Waals surface area (Å²) in [6.07, 6.45) is 12.8. The van der Waals surface area contributed by atoms with Gasteiger partial charge >= 0.3 is 5.97 Å². The Bertz CT molecular complexity index is 637. The third-order valence-corrected chi connectivity index (χ3v) is 7.42. The van der Waals surface area contributed by atoms with E-state index in [0.29, 0.717) is 30.1 Å². The molecule has 4 heteroatoms. The second kappa shape index (κ2) is 10.6. The number of aliphatic hydroxyl groups is 2. The molecular formula is C25H38O4. The van der Waals surface area contributed by atoms with Gasteiger partial charge in [-0.05, 0) is 55.8 Å². The van der Waals surface area contributed by atoms with Gasteiger partial charge in [0.1, 0.15) is 6.10 Å². The number of fused-ring (bicyclic) bond motifs is 1. The minimum absolute atomic E-state index is 0.0667. The van der Waals surface area contributed by atoms with Gasteiger partial charge in [-0.3, -0.25) is 4.79 Å². The highest BCUT2D eigenvalue weighted by Gasteiger charge is 2.52. The molecule has 0 radical (unpaired) electrons. The van der Waals surface area contributed by atoms with E-state index in [0.717, 1.165) is 32.1 Å². The van der Waals surface area contributed by atoms with Crippen molar-refractivity contribution >= 4 is 5.97 Å². The predicted octanol–water partition coefficient (Wildman–Crippen LogP) is 4.55. The average molecular weight is 403 g/mol. The Hall–Kier alpha value is -1.31. The van der Waals surface area contributed by atoms with Crippen LogP contribution in [0.2, 0.25) is 0 Å². The highest BCUT2D eigenvalue weighted by atomic mass is 16.4. The maximum atomic E-state index is 10.9. The van der Waals surface area contributed by atoms with E-state index in [-0.39, 0.29) is 12.3 Å². The van der Waals surface area contributed by atoms with Gasteiger partial charge in [-0.15, -0.1) is 0 Å². The summed E-state index contributed by atoms with van der Waals surface area (Å²) >= 11 is 0. The van der Waals surface area contributed by atoms with E-state index in [1.54, 1.807) is 0 Å². The number of rotatable bonds is 7. The van der Waals surface area contributed by atoms with Crippen molar-refractivity contribution in [1.29, 1.82) is 0 Å². The summed E-state index contributed by atoms with van der Waals surface area (Å²) in [5.41, 5.74) is 1.40. The van der Waals surface area contributed by atoms with Crippen molar-refractivity contribution in [2.75, 3.05) is 0 Å². The maximum absolute atomic E-state index is 10.9. The number of carbonyl (C=O) groups is 1. The number of carboxylic acid groups (broad SMARTS) is 1. The van der Waals surface area contributed by atoms with Crippen LogP contribution < -0.4 is 0 Å². The van der Waals surface area contributed by atoms with Crippen LogP contribution in [0.15, 0.2) is 11.6 Å². The molecule has 2 unspecified atom stereocenters. The topological polar surface area (TPSA) is 77.8 Å². The van der Waals surface area contributed by atoms with Crippen LogP contribution in [-0.2, 0) is 4.79 Å². The Morgan fingerprint density at radius 2 is 1.97 bits per heavy atom. The normalized spacial score (nSPS) is 34.6. The van der Waals surface area contributed by atoms with Gasteiger partial charge in [0.05, 0.1) is 12.0 Å². The van der Waals surface area contributed by atoms with Crippen molar-refractivity contribution in [2.45, 2.75) is 96.2 Å². The summed E-state index contributed by atoms with van der Waals surface area (Å²) in [6, 6.07) is 0. The van der Waals surface area contributed by atoms with E-state index in [2.05, 4.69) is 24.8 Å². The van der Waals surface area contributed by atoms with Crippen LogP contribution in [0, 0.1) is 41.4 Å². The zero-order chi connectivity index (χ0) is 20.8. The molecular weight excluding hydrogens is 364 g/mol. The van der Waals surface area contributed by atoms with Gasteiger partial charge in [-0.25, -0.2) is 0 Å². The lowest BCUT2D eigenvalue weighted by atomic mass is 9.50. The second-order valence-corrected chi connectivity index (χ2v) is 9.43. The number of hydrogen-bond donors (Lipinski definition) is 3. The summed E-state index contributed by atoms with van der Waals surface area (Å²) in [5, 5.41) is 30.1. The monoisotopic (exact) mass is 402 g/mol. The molecule has 0 saturated heterocycles. The Balaban J connectivity index is 1.66. The summed E-state index contributed by atoms with van der Waals surface area (Å²) < 4.78 is 0. The largest absolute Gasteiger partial charge is 0.481 e. The van der Waals surface area contributed by atoms with Gasteiger partial charge in [0.15, 0.2) is 0 Å². The Labute approximate surface area is 175 Å². The summed E-state index contributed by atoms with van der Waals surface area (Å²) in [4.78, 5) is 10.9. The molecule has 0 amide bonds. The molecule has 162 valence electrons. The third-order valence-electron chi connectivity index (χ3n) is 7.42. The number of hydrogen-bond acceptors (Lipinski definition) is 3. The van der Waals surface area contributed by atoms with Gasteiger partial charge in [-0.2, -0.15) is 0 Å². The summed E-state index contributed by atoms with van der Waals surface area (Å²) in [7, 11) is 0. The zero-order valence-electron chi connectivity index (χ0n) is 17.9. The molecule has 3 saturated carbocycles. The van der Waals surface area contributed by atoms with Crippen LogP contribution in [0.3, 0.4) is 0 Å². The van der Waals surface area contributed by atoms with Crippen molar-refractivity contribution in [3.63, 3.8) is 0 Å². The molecule has 4 nitrogen and oxygen atoms in total. The van der Waals surface area contributed by atoms with Crippen LogP contribution >= 0.6 is 0 Å². The summed E-state index contributed by atoms with van der Waals surface area (Å²) in [5.74, 6) is 7.37. The van der Waals surface area contributed by atoms with Crippen molar-refractivity contribution in [3.05, 3.63) is 11.6 Å². The van der Waals surface area contributed by atoms with E-state index in [4.69, 9.17) is 5.11 Å². The molecule has 29 heavy (non-hydrogen) atoms. The second-order valence-electron chi connectivity index (χ2n) is 9.43. The number of aliphatic hydroxyl groups excluding tert-OH is 2. The Morgan fingerprint density at radius 1 is 1.21 bits per heavy atom. The molecule has 0 heterocycles. The molecule has 0 bridgehead atoms. The van der Waals surface area contributed by atoms with Crippen LogP contribution in [-0.4, -0.2) is 33.5 Å². The molecule has 0 aromatic rings. The smallest absolute Gasteiger partial charge is 0.303 e. The minimum atomic E-state index is -0.750. The Morgan fingerprint density at radius 3 is 2.66 bits per heavy atom. The number of carboxylic acids is 1. The Kier molecular flexibility index (Phi) is 8.21. The molecule has 6 atom stereocenters. The standard InChI is InChI=1S/C25H38O4/c1-2-7-20-19(10-6-11-24(28)29)21-14-15-23(27)22(25(20)21)13-12-18(26)16-17-8-4-3-5-9-17/h10,17-18,20-23,25-27H,2-9,11,14-16H2,1H3,(H,28,29)/t18?,20?,21-,22+,23-,25+/m0/s1. The predicted molar refractivity (Wildman–Crippen MR) is 114 cm³/mol. The maximum Gasteiger partial charge on any atom is 0.303 e. The van der Waals surface area contributed by atoms with Gasteiger partial charge in [0.2, 0.25) is 0 Å². The lowest BCUT2D eigenvalue weighted by Gasteiger charge is -2.55. The van der Waals surface area contributed by atoms with E-state index >= 15 is 0 Å². The molecule has 0 aliphatic heterocycles. The first-order valence-corrected chi connectivity index (χ1v) is 11.8.